The first-order valence-electron chi connectivity index (χ1n) is 5.89. The normalized spacial score (nSPS) is 12.1. The van der Waals surface area contributed by atoms with E-state index in [9.17, 15) is 9.59 Å². The Morgan fingerprint density at radius 1 is 1.44 bits per heavy atom. The molecule has 0 aliphatic rings. The van der Waals surface area contributed by atoms with Crippen LogP contribution in [-0.4, -0.2) is 29.4 Å². The molecule has 0 aliphatic heterocycles. The first kappa shape index (κ1) is 14.2. The molecule has 0 radical (unpaired) electrons. The van der Waals surface area contributed by atoms with Gasteiger partial charge >= 0.3 is 5.97 Å². The van der Waals surface area contributed by atoms with Crippen LogP contribution in [0.15, 0.2) is 24.3 Å². The quantitative estimate of drug-likeness (QED) is 0.501. The summed E-state index contributed by atoms with van der Waals surface area (Å²) in [6.45, 7) is 1.90. The molecule has 0 saturated carbocycles. The summed E-state index contributed by atoms with van der Waals surface area (Å²) in [5.74, 6) is -1.10. The van der Waals surface area contributed by atoms with Crippen LogP contribution >= 0.6 is 0 Å². The molecule has 0 bridgehead atoms. The lowest BCUT2D eigenvalue weighted by atomic mass is 10.1. The Kier molecular flexibility index (Phi) is 5.32. The van der Waals surface area contributed by atoms with E-state index in [4.69, 9.17) is 10.8 Å². The number of ketones is 1. The fourth-order valence-electron chi connectivity index (χ4n) is 1.63. The third-order valence-corrected chi connectivity index (χ3v) is 2.59. The van der Waals surface area contributed by atoms with E-state index in [1.807, 2.05) is 6.92 Å². The summed E-state index contributed by atoms with van der Waals surface area (Å²) in [7, 11) is 0. The van der Waals surface area contributed by atoms with Gasteiger partial charge in [-0.25, -0.2) is 0 Å². The maximum Gasteiger partial charge on any atom is 0.320 e. The minimum absolute atomic E-state index is 0.000417. The van der Waals surface area contributed by atoms with Crippen molar-refractivity contribution in [2.75, 3.05) is 12.3 Å². The zero-order valence-corrected chi connectivity index (χ0v) is 10.3. The average Bonchev–Trinajstić information content (AvgIpc) is 2.33. The van der Waals surface area contributed by atoms with Gasteiger partial charge in [0.05, 0.1) is 6.54 Å². The zero-order valence-electron chi connectivity index (χ0n) is 10.3. The molecule has 0 aromatic heterocycles. The van der Waals surface area contributed by atoms with E-state index in [2.05, 4.69) is 5.32 Å². The van der Waals surface area contributed by atoms with Gasteiger partial charge in [-0.3, -0.25) is 14.9 Å². The van der Waals surface area contributed by atoms with Crippen molar-refractivity contribution in [1.29, 1.82) is 0 Å². The highest BCUT2D eigenvalue weighted by molar-refractivity contribution is 5.98. The highest BCUT2D eigenvalue weighted by atomic mass is 16.4. The van der Waals surface area contributed by atoms with Crippen LogP contribution in [0.4, 0.5) is 5.69 Å². The van der Waals surface area contributed by atoms with Gasteiger partial charge in [0.2, 0.25) is 0 Å². The molecule has 0 fully saturated rings. The zero-order chi connectivity index (χ0) is 13.5. The maximum absolute atomic E-state index is 11.8. The number of carbonyl (C=O) groups is 2. The standard InChI is InChI=1S/C13H18N2O3/c1-2-4-11(13(17)18)15-8-12(16)9-5-3-6-10(14)7-9/h3,5-7,11,15H,2,4,8,14H2,1H3,(H,17,18). The second-order valence-corrected chi connectivity index (χ2v) is 4.11. The SMILES string of the molecule is CCCC(NCC(=O)c1cccc(N)c1)C(=O)O. The Morgan fingerprint density at radius 2 is 2.17 bits per heavy atom. The van der Waals surface area contributed by atoms with Crippen molar-refractivity contribution in [3.8, 4) is 0 Å². The number of rotatable bonds is 7. The lowest BCUT2D eigenvalue weighted by Crippen LogP contribution is -2.39. The Labute approximate surface area is 106 Å². The molecule has 5 heteroatoms. The number of carbonyl (C=O) groups excluding carboxylic acids is 1. The number of aliphatic carboxylic acids is 1. The van der Waals surface area contributed by atoms with Crippen molar-refractivity contribution in [3.05, 3.63) is 29.8 Å². The van der Waals surface area contributed by atoms with Gasteiger partial charge in [0.15, 0.2) is 5.78 Å². The predicted molar refractivity (Wildman–Crippen MR) is 69.5 cm³/mol. The number of carboxylic acid groups (broad SMARTS) is 1. The van der Waals surface area contributed by atoms with Crippen molar-refractivity contribution in [2.24, 2.45) is 0 Å². The molecule has 5 nitrogen and oxygen atoms in total. The van der Waals surface area contributed by atoms with Crippen LogP contribution in [0.1, 0.15) is 30.1 Å². The van der Waals surface area contributed by atoms with Crippen molar-refractivity contribution in [3.63, 3.8) is 0 Å². The third kappa shape index (κ3) is 4.18. The second-order valence-electron chi connectivity index (χ2n) is 4.11. The van der Waals surface area contributed by atoms with E-state index in [1.165, 1.54) is 0 Å². The number of nitrogens with two attached hydrogens (primary N) is 1. The van der Waals surface area contributed by atoms with Crippen LogP contribution in [0.3, 0.4) is 0 Å². The molecule has 1 unspecified atom stereocenters. The van der Waals surface area contributed by atoms with Crippen LogP contribution in [0.5, 0.6) is 0 Å². The third-order valence-electron chi connectivity index (χ3n) is 2.59. The summed E-state index contributed by atoms with van der Waals surface area (Å²) in [6.07, 6.45) is 1.25. The topological polar surface area (TPSA) is 92.4 Å². The number of anilines is 1. The van der Waals surface area contributed by atoms with Gasteiger partial charge in [0, 0.05) is 11.3 Å². The van der Waals surface area contributed by atoms with Crippen LogP contribution in [0.25, 0.3) is 0 Å². The molecule has 1 aromatic carbocycles. The van der Waals surface area contributed by atoms with Crippen molar-refractivity contribution in [1.82, 2.24) is 5.32 Å². The van der Waals surface area contributed by atoms with E-state index in [0.717, 1.165) is 6.42 Å². The highest BCUT2D eigenvalue weighted by Gasteiger charge is 2.17. The molecular formula is C13H18N2O3. The molecular weight excluding hydrogens is 232 g/mol. The monoisotopic (exact) mass is 250 g/mol. The van der Waals surface area contributed by atoms with E-state index >= 15 is 0 Å². The molecule has 1 atom stereocenters. The summed E-state index contributed by atoms with van der Waals surface area (Å²) < 4.78 is 0. The van der Waals surface area contributed by atoms with Gasteiger partial charge in [-0.15, -0.1) is 0 Å². The second kappa shape index (κ2) is 6.76. The Morgan fingerprint density at radius 3 is 2.72 bits per heavy atom. The number of Topliss-reactive ketones (excluding diaryl/α,β-unsaturated/α-hetero) is 1. The predicted octanol–water partition coefficient (Wildman–Crippen LogP) is 1.29. The Hall–Kier alpha value is -1.88. The molecule has 0 heterocycles. The maximum atomic E-state index is 11.8. The molecule has 18 heavy (non-hydrogen) atoms. The first-order chi connectivity index (χ1) is 8.54. The molecule has 1 rings (SSSR count). The molecule has 0 saturated heterocycles. The largest absolute Gasteiger partial charge is 0.480 e. The van der Waals surface area contributed by atoms with Gasteiger partial charge in [-0.05, 0) is 18.6 Å². The average molecular weight is 250 g/mol. The van der Waals surface area contributed by atoms with Crippen LogP contribution in [-0.2, 0) is 4.79 Å². The van der Waals surface area contributed by atoms with Gasteiger partial charge in [0.1, 0.15) is 6.04 Å². The number of hydrogen-bond donors (Lipinski definition) is 3. The van der Waals surface area contributed by atoms with Gasteiger partial charge in [-0.2, -0.15) is 0 Å². The molecule has 98 valence electrons. The number of nitrogen functional groups attached to an aromatic ring is 1. The molecule has 4 N–H and O–H groups in total. The van der Waals surface area contributed by atoms with E-state index in [-0.39, 0.29) is 12.3 Å². The van der Waals surface area contributed by atoms with E-state index < -0.39 is 12.0 Å². The molecule has 0 aliphatic carbocycles. The summed E-state index contributed by atoms with van der Waals surface area (Å²) in [6, 6.07) is 5.96. The lowest BCUT2D eigenvalue weighted by Gasteiger charge is -2.12. The van der Waals surface area contributed by atoms with E-state index in [0.29, 0.717) is 17.7 Å². The van der Waals surface area contributed by atoms with Gasteiger partial charge in [-0.1, -0.05) is 25.5 Å². The molecule has 0 spiro atoms. The number of nitrogens with one attached hydrogen (secondary N) is 1. The van der Waals surface area contributed by atoms with Crippen LogP contribution in [0.2, 0.25) is 0 Å². The number of hydrogen-bond acceptors (Lipinski definition) is 4. The molecule has 0 amide bonds. The van der Waals surface area contributed by atoms with Gasteiger partial charge < -0.3 is 10.8 Å². The summed E-state index contributed by atoms with van der Waals surface area (Å²) in [4.78, 5) is 22.7. The Balaban J connectivity index is 2.57. The lowest BCUT2D eigenvalue weighted by molar-refractivity contribution is -0.139. The summed E-state index contributed by atoms with van der Waals surface area (Å²) >= 11 is 0. The number of benzene rings is 1. The fourth-order valence-corrected chi connectivity index (χ4v) is 1.63. The van der Waals surface area contributed by atoms with Crippen LogP contribution in [0, 0.1) is 0 Å². The highest BCUT2D eigenvalue weighted by Crippen LogP contribution is 2.07. The fraction of sp³-hybridized carbons (Fsp3) is 0.385. The smallest absolute Gasteiger partial charge is 0.320 e. The van der Waals surface area contributed by atoms with Crippen molar-refractivity contribution >= 4 is 17.4 Å². The van der Waals surface area contributed by atoms with Gasteiger partial charge in [0.25, 0.3) is 0 Å². The molecule has 1 aromatic rings. The van der Waals surface area contributed by atoms with Crippen molar-refractivity contribution < 1.29 is 14.7 Å². The summed E-state index contributed by atoms with van der Waals surface area (Å²) in [5, 5.41) is 11.7. The minimum atomic E-state index is -0.933. The Bertz CT molecular complexity index is 432. The van der Waals surface area contributed by atoms with E-state index in [1.54, 1.807) is 24.3 Å². The minimum Gasteiger partial charge on any atom is -0.480 e. The number of carboxylic acids is 1. The van der Waals surface area contributed by atoms with Crippen LogP contribution < -0.4 is 11.1 Å². The first-order valence-corrected chi connectivity index (χ1v) is 5.89. The van der Waals surface area contributed by atoms with Crippen molar-refractivity contribution in [2.45, 2.75) is 25.8 Å². The summed E-state index contributed by atoms with van der Waals surface area (Å²) in [5.41, 5.74) is 6.59.